The maximum absolute atomic E-state index is 11.9. The summed E-state index contributed by atoms with van der Waals surface area (Å²) < 4.78 is 0. The molecular weight excluding hydrogens is 220 g/mol. The SMILES string of the molecule is CCC(NC(=O)N(C)C1CCCCC1)C(=O)O. The molecule has 0 aromatic heterocycles. The first kappa shape index (κ1) is 13.8. The molecule has 1 fully saturated rings. The first-order valence-corrected chi connectivity index (χ1v) is 6.32. The van der Waals surface area contributed by atoms with E-state index in [0.717, 1.165) is 25.7 Å². The number of rotatable bonds is 4. The number of nitrogens with one attached hydrogen (secondary N) is 1. The smallest absolute Gasteiger partial charge is 0.326 e. The number of hydrogen-bond donors (Lipinski definition) is 2. The van der Waals surface area contributed by atoms with E-state index in [1.54, 1.807) is 18.9 Å². The van der Waals surface area contributed by atoms with Crippen molar-refractivity contribution >= 4 is 12.0 Å². The van der Waals surface area contributed by atoms with Gasteiger partial charge in [0.15, 0.2) is 0 Å². The fourth-order valence-electron chi connectivity index (χ4n) is 2.22. The monoisotopic (exact) mass is 242 g/mol. The van der Waals surface area contributed by atoms with E-state index in [2.05, 4.69) is 5.32 Å². The third kappa shape index (κ3) is 3.91. The van der Waals surface area contributed by atoms with Crippen LogP contribution in [0.2, 0.25) is 0 Å². The van der Waals surface area contributed by atoms with Crippen LogP contribution in [-0.4, -0.2) is 41.1 Å². The maximum atomic E-state index is 11.9. The topological polar surface area (TPSA) is 69.6 Å². The van der Waals surface area contributed by atoms with Crippen molar-refractivity contribution in [3.8, 4) is 0 Å². The molecule has 1 rings (SSSR count). The van der Waals surface area contributed by atoms with Gasteiger partial charge >= 0.3 is 12.0 Å². The molecule has 0 spiro atoms. The van der Waals surface area contributed by atoms with Crippen molar-refractivity contribution in [3.05, 3.63) is 0 Å². The minimum absolute atomic E-state index is 0.259. The van der Waals surface area contributed by atoms with Crippen molar-refractivity contribution in [2.24, 2.45) is 0 Å². The van der Waals surface area contributed by atoms with Crippen molar-refractivity contribution in [1.29, 1.82) is 0 Å². The molecule has 1 aliphatic rings. The summed E-state index contributed by atoms with van der Waals surface area (Å²) in [5, 5.41) is 11.4. The third-order valence-electron chi connectivity index (χ3n) is 3.45. The van der Waals surface area contributed by atoms with Gasteiger partial charge in [-0.25, -0.2) is 9.59 Å². The summed E-state index contributed by atoms with van der Waals surface area (Å²) >= 11 is 0. The van der Waals surface area contributed by atoms with Gasteiger partial charge in [0.25, 0.3) is 0 Å². The molecule has 0 heterocycles. The lowest BCUT2D eigenvalue weighted by molar-refractivity contribution is -0.139. The van der Waals surface area contributed by atoms with Crippen molar-refractivity contribution < 1.29 is 14.7 Å². The van der Waals surface area contributed by atoms with Crippen LogP contribution in [0, 0.1) is 0 Å². The Hall–Kier alpha value is -1.26. The van der Waals surface area contributed by atoms with Gasteiger partial charge in [0.05, 0.1) is 0 Å². The molecule has 0 saturated heterocycles. The van der Waals surface area contributed by atoms with Crippen molar-refractivity contribution in [1.82, 2.24) is 10.2 Å². The quantitative estimate of drug-likeness (QED) is 0.790. The van der Waals surface area contributed by atoms with Gasteiger partial charge in [-0.05, 0) is 19.3 Å². The summed E-state index contributed by atoms with van der Waals surface area (Å²) in [6.07, 6.45) is 5.98. The first-order chi connectivity index (χ1) is 8.06. The molecule has 0 aromatic rings. The molecule has 0 aromatic carbocycles. The second-order valence-electron chi connectivity index (χ2n) is 4.65. The zero-order valence-corrected chi connectivity index (χ0v) is 10.6. The minimum atomic E-state index is -0.974. The Morgan fingerprint density at radius 3 is 2.41 bits per heavy atom. The summed E-state index contributed by atoms with van der Waals surface area (Å²) in [5.74, 6) is -0.974. The van der Waals surface area contributed by atoms with E-state index in [-0.39, 0.29) is 12.1 Å². The van der Waals surface area contributed by atoms with Gasteiger partial charge in [-0.1, -0.05) is 26.2 Å². The summed E-state index contributed by atoms with van der Waals surface area (Å²) in [6.45, 7) is 1.75. The molecule has 1 aliphatic carbocycles. The minimum Gasteiger partial charge on any atom is -0.480 e. The van der Waals surface area contributed by atoms with Crippen LogP contribution < -0.4 is 5.32 Å². The normalized spacial score (nSPS) is 18.5. The third-order valence-corrected chi connectivity index (χ3v) is 3.45. The standard InChI is InChI=1S/C12H22N2O3/c1-3-10(11(15)16)13-12(17)14(2)9-7-5-4-6-8-9/h9-10H,3-8H2,1-2H3,(H,13,17)(H,15,16). The second kappa shape index (κ2) is 6.47. The van der Waals surface area contributed by atoms with Crippen molar-refractivity contribution in [3.63, 3.8) is 0 Å². The zero-order chi connectivity index (χ0) is 12.8. The van der Waals surface area contributed by atoms with Crippen LogP contribution in [0.5, 0.6) is 0 Å². The number of carbonyl (C=O) groups is 2. The molecule has 1 saturated carbocycles. The summed E-state index contributed by atoms with van der Waals surface area (Å²) in [5.41, 5.74) is 0. The Bertz CT molecular complexity index is 275. The number of urea groups is 1. The van der Waals surface area contributed by atoms with E-state index < -0.39 is 12.0 Å². The number of amides is 2. The Morgan fingerprint density at radius 2 is 1.94 bits per heavy atom. The number of carboxylic acid groups (broad SMARTS) is 1. The molecule has 98 valence electrons. The molecule has 1 atom stereocenters. The summed E-state index contributed by atoms with van der Waals surface area (Å²) in [6, 6.07) is -0.797. The highest BCUT2D eigenvalue weighted by molar-refractivity contribution is 5.82. The number of nitrogens with zero attached hydrogens (tertiary/aromatic N) is 1. The maximum Gasteiger partial charge on any atom is 0.326 e. The van der Waals surface area contributed by atoms with Gasteiger partial charge in [0.1, 0.15) is 6.04 Å². The summed E-state index contributed by atoms with van der Waals surface area (Å²) in [7, 11) is 1.75. The number of carboxylic acids is 1. The van der Waals surface area contributed by atoms with Crippen LogP contribution in [0.25, 0.3) is 0 Å². The molecule has 0 aliphatic heterocycles. The van der Waals surface area contributed by atoms with Crippen molar-refractivity contribution in [2.75, 3.05) is 7.05 Å². The van der Waals surface area contributed by atoms with Gasteiger partial charge in [-0.2, -0.15) is 0 Å². The average Bonchev–Trinajstić information content (AvgIpc) is 2.35. The molecule has 1 unspecified atom stereocenters. The van der Waals surface area contributed by atoms with Crippen LogP contribution in [0.1, 0.15) is 45.4 Å². The van der Waals surface area contributed by atoms with E-state index in [1.165, 1.54) is 6.42 Å². The predicted octanol–water partition coefficient (Wildman–Crippen LogP) is 1.82. The molecule has 5 heteroatoms. The molecule has 5 nitrogen and oxygen atoms in total. The fraction of sp³-hybridized carbons (Fsp3) is 0.833. The highest BCUT2D eigenvalue weighted by atomic mass is 16.4. The fourth-order valence-corrected chi connectivity index (χ4v) is 2.22. The lowest BCUT2D eigenvalue weighted by atomic mass is 9.95. The van der Waals surface area contributed by atoms with Crippen LogP contribution in [-0.2, 0) is 4.79 Å². The number of hydrogen-bond acceptors (Lipinski definition) is 2. The van der Waals surface area contributed by atoms with E-state index in [9.17, 15) is 9.59 Å². The van der Waals surface area contributed by atoms with E-state index in [0.29, 0.717) is 6.42 Å². The van der Waals surface area contributed by atoms with Gasteiger partial charge in [-0.15, -0.1) is 0 Å². The summed E-state index contributed by atoms with van der Waals surface area (Å²) in [4.78, 5) is 24.4. The number of carbonyl (C=O) groups excluding carboxylic acids is 1. The zero-order valence-electron chi connectivity index (χ0n) is 10.6. The average molecular weight is 242 g/mol. The van der Waals surface area contributed by atoms with Crippen LogP contribution in [0.4, 0.5) is 4.79 Å². The van der Waals surface area contributed by atoms with Crippen molar-refractivity contribution in [2.45, 2.75) is 57.5 Å². The highest BCUT2D eigenvalue weighted by Crippen LogP contribution is 2.21. The Balaban J connectivity index is 2.47. The predicted molar refractivity (Wildman–Crippen MR) is 64.9 cm³/mol. The van der Waals surface area contributed by atoms with Gasteiger partial charge < -0.3 is 15.3 Å². The second-order valence-corrected chi connectivity index (χ2v) is 4.65. The molecular formula is C12H22N2O3. The lowest BCUT2D eigenvalue weighted by Gasteiger charge is -2.32. The van der Waals surface area contributed by atoms with Crippen LogP contribution >= 0.6 is 0 Å². The largest absolute Gasteiger partial charge is 0.480 e. The molecule has 0 radical (unpaired) electrons. The number of aliphatic carboxylic acids is 1. The Labute approximate surface area is 102 Å². The highest BCUT2D eigenvalue weighted by Gasteiger charge is 2.25. The first-order valence-electron chi connectivity index (χ1n) is 6.32. The molecule has 2 amide bonds. The Kier molecular flexibility index (Phi) is 5.25. The Morgan fingerprint density at radius 1 is 1.35 bits per heavy atom. The lowest BCUT2D eigenvalue weighted by Crippen LogP contribution is -2.49. The van der Waals surface area contributed by atoms with E-state index in [4.69, 9.17) is 5.11 Å². The van der Waals surface area contributed by atoms with Gasteiger partial charge in [0.2, 0.25) is 0 Å². The van der Waals surface area contributed by atoms with Gasteiger partial charge in [0, 0.05) is 13.1 Å². The van der Waals surface area contributed by atoms with Crippen LogP contribution in [0.3, 0.4) is 0 Å². The molecule has 2 N–H and O–H groups in total. The molecule has 17 heavy (non-hydrogen) atoms. The van der Waals surface area contributed by atoms with Gasteiger partial charge in [-0.3, -0.25) is 0 Å². The van der Waals surface area contributed by atoms with E-state index >= 15 is 0 Å². The molecule has 0 bridgehead atoms. The van der Waals surface area contributed by atoms with E-state index in [1.807, 2.05) is 0 Å². The van der Waals surface area contributed by atoms with Crippen LogP contribution in [0.15, 0.2) is 0 Å².